The maximum atomic E-state index is 12.9. The van der Waals surface area contributed by atoms with Gasteiger partial charge in [-0.2, -0.15) is 0 Å². The fourth-order valence-electron chi connectivity index (χ4n) is 5.65. The van der Waals surface area contributed by atoms with Crippen molar-refractivity contribution in [3.8, 4) is 22.6 Å². The minimum absolute atomic E-state index is 0.199. The molecule has 0 unspecified atom stereocenters. The van der Waals surface area contributed by atoms with Crippen LogP contribution in [0.5, 0.6) is 11.5 Å². The molecule has 0 radical (unpaired) electrons. The predicted molar refractivity (Wildman–Crippen MR) is 192 cm³/mol. The van der Waals surface area contributed by atoms with Crippen LogP contribution in [-0.2, 0) is 14.3 Å². The molecule has 0 saturated carbocycles. The van der Waals surface area contributed by atoms with Crippen LogP contribution < -0.4 is 9.47 Å². The third-order valence-corrected chi connectivity index (χ3v) is 9.04. The van der Waals surface area contributed by atoms with Gasteiger partial charge in [-0.3, -0.25) is 9.59 Å². The Kier molecular flexibility index (Phi) is 14.2. The van der Waals surface area contributed by atoms with Crippen molar-refractivity contribution >= 4 is 28.7 Å². The number of carbonyl (C=O) groups is 3. The summed E-state index contributed by atoms with van der Waals surface area (Å²) in [6, 6.07) is 25.9. The lowest BCUT2D eigenvalue weighted by atomic mass is 9.97. The molecule has 0 aromatic heterocycles. The summed E-state index contributed by atoms with van der Waals surface area (Å²) >= 11 is 0. The van der Waals surface area contributed by atoms with Crippen molar-refractivity contribution in [2.24, 2.45) is 5.92 Å². The van der Waals surface area contributed by atoms with Crippen LogP contribution in [-0.4, -0.2) is 24.5 Å². The van der Waals surface area contributed by atoms with E-state index in [1.807, 2.05) is 61.5 Å². The average Bonchev–Trinajstić information content (AvgIpc) is 3.11. The first-order chi connectivity index (χ1) is 23.3. The van der Waals surface area contributed by atoms with E-state index in [1.54, 1.807) is 30.3 Å². The molecule has 0 aliphatic rings. The Bertz CT molecular complexity index is 1620. The number of ether oxygens (including phenoxy) is 3. The SMILES string of the molecule is CCCCCCCCCC(=O)Oc1ccc(-c2ccc(C(=O)Oc3ccc4cc([C@H](C)C(=O)OCC(CC)CC)ccc4c3)cc2)cc1. The van der Waals surface area contributed by atoms with E-state index in [0.29, 0.717) is 36.0 Å². The molecule has 4 rings (SSSR count). The molecule has 4 aromatic rings. The molecule has 6 nitrogen and oxygen atoms in total. The van der Waals surface area contributed by atoms with Gasteiger partial charge < -0.3 is 14.2 Å². The molecule has 0 amide bonds. The Labute approximate surface area is 285 Å². The van der Waals surface area contributed by atoms with Crippen LogP contribution in [0.1, 0.15) is 114 Å². The van der Waals surface area contributed by atoms with E-state index in [4.69, 9.17) is 14.2 Å². The molecule has 48 heavy (non-hydrogen) atoms. The summed E-state index contributed by atoms with van der Waals surface area (Å²) in [4.78, 5) is 37.8. The monoisotopic (exact) mass is 650 g/mol. The minimum atomic E-state index is -0.449. The molecule has 1 atom stereocenters. The molecule has 0 aliphatic heterocycles. The maximum Gasteiger partial charge on any atom is 0.343 e. The van der Waals surface area contributed by atoms with E-state index in [9.17, 15) is 14.4 Å². The molecular weight excluding hydrogens is 600 g/mol. The van der Waals surface area contributed by atoms with E-state index in [2.05, 4.69) is 20.8 Å². The summed E-state index contributed by atoms with van der Waals surface area (Å²) in [5.41, 5.74) is 3.20. The van der Waals surface area contributed by atoms with Crippen molar-refractivity contribution < 1.29 is 28.6 Å². The highest BCUT2D eigenvalue weighted by Crippen LogP contribution is 2.28. The third-order valence-electron chi connectivity index (χ3n) is 9.04. The first-order valence-corrected chi connectivity index (χ1v) is 17.6. The number of esters is 3. The number of rotatable bonds is 18. The molecule has 0 bridgehead atoms. The summed E-state index contributed by atoms with van der Waals surface area (Å²) in [7, 11) is 0. The van der Waals surface area contributed by atoms with Crippen LogP contribution in [0.3, 0.4) is 0 Å². The largest absolute Gasteiger partial charge is 0.465 e. The summed E-state index contributed by atoms with van der Waals surface area (Å²) < 4.78 is 16.8. The van der Waals surface area contributed by atoms with Crippen LogP contribution >= 0.6 is 0 Å². The van der Waals surface area contributed by atoms with Crippen LogP contribution in [0.25, 0.3) is 21.9 Å². The Morgan fingerprint density at radius 3 is 1.88 bits per heavy atom. The van der Waals surface area contributed by atoms with Gasteiger partial charge in [-0.1, -0.05) is 121 Å². The fourth-order valence-corrected chi connectivity index (χ4v) is 5.65. The average molecular weight is 651 g/mol. The second kappa shape index (κ2) is 18.8. The number of unbranched alkanes of at least 4 members (excludes halogenated alkanes) is 6. The topological polar surface area (TPSA) is 78.9 Å². The smallest absolute Gasteiger partial charge is 0.343 e. The number of carbonyl (C=O) groups excluding carboxylic acids is 3. The van der Waals surface area contributed by atoms with Gasteiger partial charge in [0.15, 0.2) is 0 Å². The van der Waals surface area contributed by atoms with Gasteiger partial charge in [0.1, 0.15) is 11.5 Å². The molecule has 0 aliphatic carbocycles. The minimum Gasteiger partial charge on any atom is -0.465 e. The second-order valence-corrected chi connectivity index (χ2v) is 12.6. The molecule has 0 N–H and O–H groups in total. The first kappa shape index (κ1) is 36.4. The molecule has 0 fully saturated rings. The maximum absolute atomic E-state index is 12.9. The zero-order valence-electron chi connectivity index (χ0n) is 29.0. The normalized spacial score (nSPS) is 11.8. The lowest BCUT2D eigenvalue weighted by Gasteiger charge is -2.16. The van der Waals surface area contributed by atoms with E-state index in [0.717, 1.165) is 53.1 Å². The fraction of sp³-hybridized carbons (Fsp3) is 0.405. The third kappa shape index (κ3) is 10.8. The molecule has 4 aromatic carbocycles. The van der Waals surface area contributed by atoms with Crippen LogP contribution in [0.4, 0.5) is 0 Å². The molecule has 0 saturated heterocycles. The Morgan fingerprint density at radius 1 is 0.625 bits per heavy atom. The van der Waals surface area contributed by atoms with E-state index in [1.165, 1.54) is 32.1 Å². The molecule has 0 spiro atoms. The summed E-state index contributed by atoms with van der Waals surface area (Å²) in [6.07, 6.45) is 10.5. The zero-order chi connectivity index (χ0) is 34.3. The van der Waals surface area contributed by atoms with Gasteiger partial charge in [-0.15, -0.1) is 0 Å². The van der Waals surface area contributed by atoms with Gasteiger partial charge in [-0.05, 0) is 83.1 Å². The highest BCUT2D eigenvalue weighted by Gasteiger charge is 2.19. The highest BCUT2D eigenvalue weighted by atomic mass is 16.5. The van der Waals surface area contributed by atoms with Crippen LogP contribution in [0.15, 0.2) is 84.9 Å². The second-order valence-electron chi connectivity index (χ2n) is 12.6. The lowest BCUT2D eigenvalue weighted by molar-refractivity contribution is -0.146. The number of hydrogen-bond acceptors (Lipinski definition) is 6. The summed E-state index contributed by atoms with van der Waals surface area (Å²) in [5, 5.41) is 1.86. The predicted octanol–water partition coefficient (Wildman–Crippen LogP) is 10.9. The van der Waals surface area contributed by atoms with Gasteiger partial charge >= 0.3 is 17.9 Å². The van der Waals surface area contributed by atoms with Gasteiger partial charge in [0, 0.05) is 6.42 Å². The first-order valence-electron chi connectivity index (χ1n) is 17.6. The van der Waals surface area contributed by atoms with Crippen molar-refractivity contribution in [3.05, 3.63) is 96.1 Å². The number of hydrogen-bond donors (Lipinski definition) is 0. The van der Waals surface area contributed by atoms with E-state index in [-0.39, 0.29) is 17.9 Å². The van der Waals surface area contributed by atoms with Crippen molar-refractivity contribution in [1.29, 1.82) is 0 Å². The van der Waals surface area contributed by atoms with Crippen molar-refractivity contribution in [2.45, 2.75) is 97.8 Å². The van der Waals surface area contributed by atoms with Crippen LogP contribution in [0.2, 0.25) is 0 Å². The van der Waals surface area contributed by atoms with Crippen molar-refractivity contribution in [2.75, 3.05) is 6.61 Å². The van der Waals surface area contributed by atoms with Gasteiger partial charge in [0.2, 0.25) is 0 Å². The number of fused-ring (bicyclic) bond motifs is 1. The Hall–Kier alpha value is -4.45. The summed E-state index contributed by atoms with van der Waals surface area (Å²) in [5.74, 6) is 0.123. The molecule has 0 heterocycles. The number of benzene rings is 4. The zero-order valence-corrected chi connectivity index (χ0v) is 29.0. The summed E-state index contributed by atoms with van der Waals surface area (Å²) in [6.45, 7) is 8.74. The van der Waals surface area contributed by atoms with Gasteiger partial charge in [0.05, 0.1) is 18.1 Å². The Balaban J connectivity index is 1.28. The Morgan fingerprint density at radius 2 is 1.21 bits per heavy atom. The van der Waals surface area contributed by atoms with Crippen molar-refractivity contribution in [1.82, 2.24) is 0 Å². The molecule has 6 heteroatoms. The molecule has 254 valence electrons. The van der Waals surface area contributed by atoms with Gasteiger partial charge in [0.25, 0.3) is 0 Å². The van der Waals surface area contributed by atoms with Crippen LogP contribution in [0, 0.1) is 5.92 Å². The van der Waals surface area contributed by atoms with Crippen molar-refractivity contribution in [3.63, 3.8) is 0 Å². The van der Waals surface area contributed by atoms with E-state index >= 15 is 0 Å². The van der Waals surface area contributed by atoms with E-state index < -0.39 is 5.97 Å². The lowest BCUT2D eigenvalue weighted by Crippen LogP contribution is -2.18. The highest BCUT2D eigenvalue weighted by molar-refractivity contribution is 5.93. The van der Waals surface area contributed by atoms with Gasteiger partial charge in [-0.25, -0.2) is 4.79 Å². The quantitative estimate of drug-likeness (QED) is 0.0606. The standard InChI is InChI=1S/C42H50O6/c1-5-8-9-10-11-12-13-14-40(43)47-38-24-21-33(22-25-38)32-15-17-34(18-16-32)42(45)48-39-26-23-36-27-35(19-20-37(36)28-39)30(4)41(44)46-29-31(6-2)7-3/h15-28,30-31H,5-14,29H2,1-4H3/t30-/m0/s1. The molecular formula is C42H50O6.